The van der Waals surface area contributed by atoms with Gasteiger partial charge in [0.15, 0.2) is 0 Å². The topological polar surface area (TPSA) is 111 Å². The summed E-state index contributed by atoms with van der Waals surface area (Å²) < 4.78 is 30.7. The molecule has 0 aliphatic rings. The maximum Gasteiger partial charge on any atom is 0.472 e. The van der Waals surface area contributed by atoms with Crippen LogP contribution in [0.15, 0.2) is 60.8 Å². The minimum Gasteiger partial charge on any atom is -0.456 e. The number of carbonyl (C=O) groups is 2. The molecule has 1 amide bonds. The van der Waals surface area contributed by atoms with E-state index >= 15 is 0 Å². The molecule has 3 unspecified atom stereocenters. The molecule has 0 radical (unpaired) electrons. The van der Waals surface area contributed by atoms with E-state index in [1.165, 1.54) is 199 Å². The van der Waals surface area contributed by atoms with E-state index in [0.29, 0.717) is 17.4 Å². The van der Waals surface area contributed by atoms with Crippen molar-refractivity contribution in [2.45, 2.75) is 322 Å². The van der Waals surface area contributed by atoms with Gasteiger partial charge in [0, 0.05) is 12.8 Å². The van der Waals surface area contributed by atoms with Gasteiger partial charge in [-0.1, -0.05) is 281 Å². The predicted octanol–water partition coefficient (Wildman–Crippen LogP) is 20.6. The molecule has 9 nitrogen and oxygen atoms in total. The van der Waals surface area contributed by atoms with E-state index in [1.807, 2.05) is 33.3 Å². The van der Waals surface area contributed by atoms with Crippen LogP contribution in [0.4, 0.5) is 0 Å². The first kappa shape index (κ1) is 75.7. The molecule has 2 N–H and O–H groups in total. The van der Waals surface area contributed by atoms with Gasteiger partial charge in [-0.15, -0.1) is 0 Å². The van der Waals surface area contributed by atoms with Crippen molar-refractivity contribution in [1.82, 2.24) is 5.32 Å². The number of likely N-dealkylation sites (N-methyl/N-ethyl adjacent to an activating group) is 1. The Morgan fingerprint density at radius 3 is 1.19 bits per heavy atom. The zero-order valence-corrected chi connectivity index (χ0v) is 53.1. The first-order chi connectivity index (χ1) is 37.9. The van der Waals surface area contributed by atoms with Crippen LogP contribution in [0.1, 0.15) is 310 Å². The van der Waals surface area contributed by atoms with Crippen LogP contribution in [-0.2, 0) is 27.9 Å². The lowest BCUT2D eigenvalue weighted by atomic mass is 10.0. The fraction of sp³-hybridized carbons (Fsp3) is 0.824. The molecular weight excluding hydrogens is 988 g/mol. The summed E-state index contributed by atoms with van der Waals surface area (Å²) in [6.45, 7) is 7.00. The van der Waals surface area contributed by atoms with Crippen molar-refractivity contribution >= 4 is 19.7 Å². The summed E-state index contributed by atoms with van der Waals surface area (Å²) in [5.41, 5.74) is 0. The minimum absolute atomic E-state index is 0.0404. The summed E-state index contributed by atoms with van der Waals surface area (Å²) in [4.78, 5) is 37.7. The van der Waals surface area contributed by atoms with Crippen molar-refractivity contribution in [1.29, 1.82) is 0 Å². The number of nitrogens with one attached hydrogen (secondary N) is 1. The van der Waals surface area contributed by atoms with Crippen molar-refractivity contribution in [3.63, 3.8) is 0 Å². The van der Waals surface area contributed by atoms with E-state index in [0.717, 1.165) is 77.0 Å². The number of phosphoric ester groups is 1. The third-order valence-electron chi connectivity index (χ3n) is 14.7. The predicted molar refractivity (Wildman–Crippen MR) is 337 cm³/mol. The van der Waals surface area contributed by atoms with Gasteiger partial charge in [0.1, 0.15) is 19.3 Å². The molecule has 456 valence electrons. The SMILES string of the molecule is CCCCC/C=C\C/C=C\C/C=C\C/C=C\CCCCCCCCCCCCCC(=O)OC(/C=C\CCCCCCCCCCC)C(COP(=O)(O)OCC[N+](C)(C)C)NC(=O)CCCCCCCCCCCCCCCC. The minimum atomic E-state index is -4.45. The van der Waals surface area contributed by atoms with Crippen molar-refractivity contribution in [3.8, 4) is 0 Å². The highest BCUT2D eigenvalue weighted by Crippen LogP contribution is 2.43. The number of nitrogens with zero attached hydrogens (tertiary/aromatic N) is 1. The first-order valence-corrected chi connectivity index (χ1v) is 34.6. The number of phosphoric acid groups is 1. The second kappa shape index (κ2) is 57.9. The molecule has 0 aliphatic carbocycles. The van der Waals surface area contributed by atoms with Crippen LogP contribution in [0.25, 0.3) is 0 Å². The van der Waals surface area contributed by atoms with Gasteiger partial charge in [-0.25, -0.2) is 4.57 Å². The zero-order chi connectivity index (χ0) is 57.2. The first-order valence-electron chi connectivity index (χ1n) is 33.1. The third kappa shape index (κ3) is 58.4. The standard InChI is InChI=1S/C68H127N2O7P/c1-7-10-13-16-19-22-25-27-29-30-31-32-33-34-35-36-37-38-39-40-41-43-46-49-52-55-58-61-68(72)77-66(59-56-53-50-47-44-24-21-18-15-12-9-3)65(64-76-78(73,74)75-63-62-70(4,5)6)69-67(71)60-57-54-51-48-45-42-28-26-23-20-17-14-11-8-2/h19,22,27,29,31-32,34-35,56,59,65-66H,7-18,20-21,23-26,28,30,33,36-55,57-58,60-64H2,1-6H3,(H-,69,71,73,74)/p+1/b22-19-,29-27-,32-31-,35-34-,59-56-. The van der Waals surface area contributed by atoms with Gasteiger partial charge in [0.25, 0.3) is 0 Å². The summed E-state index contributed by atoms with van der Waals surface area (Å²) in [5.74, 6) is -0.499. The molecule has 3 atom stereocenters. The Balaban J connectivity index is 5.02. The highest BCUT2D eigenvalue weighted by atomic mass is 31.2. The quantitative estimate of drug-likeness (QED) is 0.0205. The van der Waals surface area contributed by atoms with Crippen LogP contribution in [0.5, 0.6) is 0 Å². The monoisotopic (exact) mass is 1120 g/mol. The van der Waals surface area contributed by atoms with Crippen LogP contribution in [0.2, 0.25) is 0 Å². The second-order valence-electron chi connectivity index (χ2n) is 23.6. The highest BCUT2D eigenvalue weighted by Gasteiger charge is 2.30. The maximum atomic E-state index is 13.5. The molecular formula is C68H128N2O7P+. The number of allylic oxidation sites excluding steroid dienone is 9. The van der Waals surface area contributed by atoms with Gasteiger partial charge < -0.3 is 19.4 Å². The number of unbranched alkanes of at least 4 members (excludes halogenated alkanes) is 36. The van der Waals surface area contributed by atoms with Gasteiger partial charge in [-0.05, 0) is 76.7 Å². The molecule has 0 saturated carbocycles. The molecule has 0 saturated heterocycles. The molecule has 0 aromatic heterocycles. The Labute approximate surface area is 483 Å². The second-order valence-corrected chi connectivity index (χ2v) is 25.1. The van der Waals surface area contributed by atoms with E-state index in [1.54, 1.807) is 0 Å². The van der Waals surface area contributed by atoms with Gasteiger partial charge in [0.2, 0.25) is 5.91 Å². The maximum absolute atomic E-state index is 13.5. The largest absolute Gasteiger partial charge is 0.472 e. The van der Waals surface area contributed by atoms with E-state index in [2.05, 4.69) is 74.7 Å². The average molecular weight is 1120 g/mol. The number of hydrogen-bond donors (Lipinski definition) is 2. The number of amides is 1. The van der Waals surface area contributed by atoms with E-state index < -0.39 is 20.0 Å². The van der Waals surface area contributed by atoms with Crippen LogP contribution < -0.4 is 5.32 Å². The fourth-order valence-corrected chi connectivity index (χ4v) is 10.3. The summed E-state index contributed by atoms with van der Waals surface area (Å²) in [7, 11) is 1.50. The van der Waals surface area contributed by atoms with Crippen LogP contribution in [0.3, 0.4) is 0 Å². The summed E-state index contributed by atoms with van der Waals surface area (Å²) in [6.07, 6.45) is 73.7. The molecule has 0 aliphatic heterocycles. The van der Waals surface area contributed by atoms with Crippen LogP contribution >= 0.6 is 7.82 Å². The molecule has 0 rings (SSSR count). The van der Waals surface area contributed by atoms with E-state index in [4.69, 9.17) is 13.8 Å². The van der Waals surface area contributed by atoms with Crippen molar-refractivity contribution in [2.75, 3.05) is 40.9 Å². The molecule has 10 heteroatoms. The van der Waals surface area contributed by atoms with E-state index in [9.17, 15) is 19.0 Å². The van der Waals surface area contributed by atoms with Crippen LogP contribution in [-0.4, -0.2) is 74.3 Å². The van der Waals surface area contributed by atoms with Gasteiger partial charge >= 0.3 is 13.8 Å². The molecule has 0 heterocycles. The lowest BCUT2D eigenvalue weighted by Gasteiger charge is -2.27. The fourth-order valence-electron chi connectivity index (χ4n) is 9.57. The Kier molecular flexibility index (Phi) is 56.2. The molecule has 0 fully saturated rings. The number of esters is 1. The van der Waals surface area contributed by atoms with E-state index in [-0.39, 0.29) is 31.5 Å². The summed E-state index contributed by atoms with van der Waals surface area (Å²) in [5, 5.41) is 3.06. The van der Waals surface area contributed by atoms with Gasteiger partial charge in [-0.3, -0.25) is 18.6 Å². The van der Waals surface area contributed by atoms with Gasteiger partial charge in [0.05, 0.1) is 33.8 Å². The Morgan fingerprint density at radius 2 is 0.782 bits per heavy atom. The summed E-state index contributed by atoms with van der Waals surface area (Å²) in [6, 6.07) is -0.847. The van der Waals surface area contributed by atoms with Crippen LogP contribution in [0, 0.1) is 0 Å². The lowest BCUT2D eigenvalue weighted by molar-refractivity contribution is -0.870. The van der Waals surface area contributed by atoms with Crippen molar-refractivity contribution in [2.24, 2.45) is 0 Å². The average Bonchev–Trinajstić information content (AvgIpc) is 3.40. The third-order valence-corrected chi connectivity index (χ3v) is 15.7. The molecule has 78 heavy (non-hydrogen) atoms. The smallest absolute Gasteiger partial charge is 0.456 e. The highest BCUT2D eigenvalue weighted by molar-refractivity contribution is 7.47. The van der Waals surface area contributed by atoms with Crippen molar-refractivity contribution in [3.05, 3.63) is 60.8 Å². The molecule has 0 aromatic carbocycles. The molecule has 0 bridgehead atoms. The summed E-state index contributed by atoms with van der Waals surface area (Å²) >= 11 is 0. The molecule has 0 spiro atoms. The van der Waals surface area contributed by atoms with Crippen molar-refractivity contribution < 1.29 is 37.3 Å². The normalized spacial score (nSPS) is 14.0. The Morgan fingerprint density at radius 1 is 0.449 bits per heavy atom. The van der Waals surface area contributed by atoms with Gasteiger partial charge in [-0.2, -0.15) is 0 Å². The number of hydrogen-bond acceptors (Lipinski definition) is 6. The lowest BCUT2D eigenvalue weighted by Crippen LogP contribution is -2.47. The zero-order valence-electron chi connectivity index (χ0n) is 52.2. The molecule has 0 aromatic rings. The number of rotatable bonds is 60. The Bertz CT molecular complexity index is 1520. The number of ether oxygens (including phenoxy) is 1. The number of quaternary nitrogens is 1. The Hall–Kier alpha value is -2.29. The number of carbonyl (C=O) groups excluding carboxylic acids is 2.